The van der Waals surface area contributed by atoms with Crippen molar-refractivity contribution in [2.24, 2.45) is 5.92 Å². The smallest absolute Gasteiger partial charge is 0.338 e. The van der Waals surface area contributed by atoms with Crippen LogP contribution in [0, 0.1) is 5.92 Å². The minimum Gasteiger partial charge on any atom is -0.462 e. The zero-order valence-electron chi connectivity index (χ0n) is 21.6. The summed E-state index contributed by atoms with van der Waals surface area (Å²) in [5, 5.41) is 0. The largest absolute Gasteiger partial charge is 0.462 e. The molecule has 2 heterocycles. The Morgan fingerprint density at radius 2 is 1.42 bits per heavy atom. The number of nitrogens with zero attached hydrogens (tertiary/aromatic N) is 2. The molecule has 0 N–H and O–H groups in total. The fraction of sp³-hybridized carbons (Fsp3) is 0.226. The van der Waals surface area contributed by atoms with E-state index in [0.717, 1.165) is 27.9 Å². The molecular weight excluding hydrogens is 480 g/mol. The van der Waals surface area contributed by atoms with Gasteiger partial charge in [0.2, 0.25) is 0 Å². The second-order valence-corrected chi connectivity index (χ2v) is 9.14. The standard InChI is InChI=1S/C31H28N2O5/c1-4-37-30(35)22-13-9-20(10-14-22)26-24-18-19(3)29(34)28(24)33(25-8-6-7-17-32-25)27(26)21-11-15-23(16-12-21)31(36)38-5-2/h6-17,19H,4-5,18H2,1-3H3. The highest BCUT2D eigenvalue weighted by Gasteiger charge is 2.37. The summed E-state index contributed by atoms with van der Waals surface area (Å²) in [7, 11) is 0. The van der Waals surface area contributed by atoms with Crippen molar-refractivity contribution < 1.29 is 23.9 Å². The lowest BCUT2D eigenvalue weighted by atomic mass is 9.94. The van der Waals surface area contributed by atoms with Crippen LogP contribution in [0.5, 0.6) is 0 Å². The number of hydrogen-bond donors (Lipinski definition) is 0. The van der Waals surface area contributed by atoms with Gasteiger partial charge in [0.1, 0.15) is 5.82 Å². The zero-order valence-corrected chi connectivity index (χ0v) is 21.6. The first kappa shape index (κ1) is 25.1. The first-order valence-electron chi connectivity index (χ1n) is 12.7. The Bertz CT molecular complexity index is 1500. The third kappa shape index (κ3) is 4.41. The van der Waals surface area contributed by atoms with Gasteiger partial charge >= 0.3 is 11.9 Å². The number of hydrogen-bond acceptors (Lipinski definition) is 6. The molecule has 0 radical (unpaired) electrons. The van der Waals surface area contributed by atoms with Crippen LogP contribution in [-0.2, 0) is 15.9 Å². The molecule has 0 bridgehead atoms. The summed E-state index contributed by atoms with van der Waals surface area (Å²) >= 11 is 0. The van der Waals surface area contributed by atoms with Crippen LogP contribution in [0.25, 0.3) is 28.2 Å². The maximum absolute atomic E-state index is 13.5. The Labute approximate surface area is 221 Å². The SMILES string of the molecule is CCOC(=O)c1ccc(-c2c3c(n(-c4ccccn4)c2-c2ccc(C(=O)OCC)cc2)C(=O)C(C)C3)cc1. The predicted octanol–water partition coefficient (Wildman–Crippen LogP) is 5.93. The van der Waals surface area contributed by atoms with E-state index in [2.05, 4.69) is 4.98 Å². The van der Waals surface area contributed by atoms with E-state index in [1.807, 2.05) is 54.0 Å². The highest BCUT2D eigenvalue weighted by atomic mass is 16.5. The molecule has 5 rings (SSSR count). The molecule has 192 valence electrons. The summed E-state index contributed by atoms with van der Waals surface area (Å²) in [6.45, 7) is 6.07. The molecule has 38 heavy (non-hydrogen) atoms. The average molecular weight is 509 g/mol. The van der Waals surface area contributed by atoms with Crippen molar-refractivity contribution >= 4 is 17.7 Å². The lowest BCUT2D eigenvalue weighted by molar-refractivity contribution is 0.0517. The summed E-state index contributed by atoms with van der Waals surface area (Å²) < 4.78 is 12.2. The number of ketones is 1. The van der Waals surface area contributed by atoms with Crippen LogP contribution in [0.15, 0.2) is 72.9 Å². The Kier molecular flexibility index (Phi) is 6.92. The maximum atomic E-state index is 13.5. The van der Waals surface area contributed by atoms with Gasteiger partial charge in [-0.05, 0) is 73.4 Å². The summed E-state index contributed by atoms with van der Waals surface area (Å²) in [6, 6.07) is 20.0. The molecule has 1 unspecified atom stereocenters. The number of aromatic nitrogens is 2. The number of rotatable bonds is 7. The molecule has 0 amide bonds. The molecule has 0 saturated carbocycles. The van der Waals surface area contributed by atoms with Crippen LogP contribution in [-0.4, -0.2) is 40.5 Å². The molecule has 0 aliphatic heterocycles. The van der Waals surface area contributed by atoms with Crippen LogP contribution in [0.4, 0.5) is 0 Å². The number of ether oxygens (including phenoxy) is 2. The van der Waals surface area contributed by atoms with Crippen molar-refractivity contribution in [3.05, 3.63) is 95.3 Å². The summed E-state index contributed by atoms with van der Waals surface area (Å²) in [4.78, 5) is 42.6. The van der Waals surface area contributed by atoms with E-state index in [-0.39, 0.29) is 23.6 Å². The zero-order chi connectivity index (χ0) is 26.8. The van der Waals surface area contributed by atoms with Crippen molar-refractivity contribution in [3.63, 3.8) is 0 Å². The molecule has 7 heteroatoms. The third-order valence-electron chi connectivity index (χ3n) is 6.70. The van der Waals surface area contributed by atoms with Crippen LogP contribution in [0.3, 0.4) is 0 Å². The van der Waals surface area contributed by atoms with Gasteiger partial charge in [0.25, 0.3) is 0 Å². The Hall–Kier alpha value is -4.52. The van der Waals surface area contributed by atoms with E-state index in [1.54, 1.807) is 44.3 Å². The number of carbonyl (C=O) groups excluding carboxylic acids is 3. The van der Waals surface area contributed by atoms with Crippen LogP contribution >= 0.6 is 0 Å². The minimum absolute atomic E-state index is 0.0597. The second kappa shape index (κ2) is 10.5. The van der Waals surface area contributed by atoms with Crippen molar-refractivity contribution in [1.82, 2.24) is 9.55 Å². The van der Waals surface area contributed by atoms with Gasteiger partial charge in [0, 0.05) is 17.7 Å². The topological polar surface area (TPSA) is 87.5 Å². The first-order valence-corrected chi connectivity index (χ1v) is 12.7. The number of benzene rings is 2. The van der Waals surface area contributed by atoms with Gasteiger partial charge in [-0.25, -0.2) is 14.6 Å². The van der Waals surface area contributed by atoms with E-state index < -0.39 is 0 Å². The van der Waals surface area contributed by atoms with Crippen molar-refractivity contribution in [3.8, 4) is 28.2 Å². The summed E-state index contributed by atoms with van der Waals surface area (Å²) in [5.74, 6) is -0.239. The van der Waals surface area contributed by atoms with Gasteiger partial charge < -0.3 is 9.47 Å². The molecule has 2 aromatic carbocycles. The lowest BCUT2D eigenvalue weighted by Crippen LogP contribution is -2.12. The molecule has 0 fully saturated rings. The number of carbonyl (C=O) groups is 3. The van der Waals surface area contributed by atoms with E-state index in [4.69, 9.17) is 9.47 Å². The van der Waals surface area contributed by atoms with E-state index in [1.165, 1.54) is 0 Å². The Balaban J connectivity index is 1.75. The Morgan fingerprint density at radius 3 is 1.95 bits per heavy atom. The van der Waals surface area contributed by atoms with E-state index >= 15 is 0 Å². The highest BCUT2D eigenvalue weighted by molar-refractivity contribution is 6.07. The first-order chi connectivity index (χ1) is 18.4. The monoisotopic (exact) mass is 508 g/mol. The molecule has 2 aromatic heterocycles. The van der Waals surface area contributed by atoms with Crippen LogP contribution in [0.1, 0.15) is 57.5 Å². The van der Waals surface area contributed by atoms with Gasteiger partial charge in [0.15, 0.2) is 5.78 Å². The molecule has 4 aromatic rings. The minimum atomic E-state index is -0.388. The van der Waals surface area contributed by atoms with E-state index in [9.17, 15) is 14.4 Å². The molecular formula is C31H28N2O5. The van der Waals surface area contributed by atoms with Gasteiger partial charge in [-0.3, -0.25) is 9.36 Å². The number of fused-ring (bicyclic) bond motifs is 1. The molecule has 7 nitrogen and oxygen atoms in total. The van der Waals surface area contributed by atoms with Gasteiger partial charge in [0.05, 0.1) is 35.7 Å². The number of pyridine rings is 1. The fourth-order valence-corrected chi connectivity index (χ4v) is 4.98. The third-order valence-corrected chi connectivity index (χ3v) is 6.70. The molecule has 1 atom stereocenters. The predicted molar refractivity (Wildman–Crippen MR) is 144 cm³/mol. The van der Waals surface area contributed by atoms with Crippen LogP contribution in [0.2, 0.25) is 0 Å². The normalized spacial score (nSPS) is 14.3. The Morgan fingerprint density at radius 1 is 0.842 bits per heavy atom. The lowest BCUT2D eigenvalue weighted by Gasteiger charge is -2.15. The second-order valence-electron chi connectivity index (χ2n) is 9.14. The number of Topliss-reactive ketones (excluding diaryl/α,β-unsaturated/α-hetero) is 1. The van der Waals surface area contributed by atoms with Crippen molar-refractivity contribution in [2.75, 3.05) is 13.2 Å². The highest BCUT2D eigenvalue weighted by Crippen LogP contribution is 2.45. The average Bonchev–Trinajstić information content (AvgIpc) is 3.42. The van der Waals surface area contributed by atoms with Gasteiger partial charge in [-0.15, -0.1) is 0 Å². The van der Waals surface area contributed by atoms with Crippen molar-refractivity contribution in [2.45, 2.75) is 27.2 Å². The summed E-state index contributed by atoms with van der Waals surface area (Å²) in [5.41, 5.74) is 5.87. The quantitative estimate of drug-likeness (QED) is 0.287. The molecule has 1 aliphatic rings. The number of esters is 2. The maximum Gasteiger partial charge on any atom is 0.338 e. The fourth-order valence-electron chi connectivity index (χ4n) is 4.98. The molecule has 0 spiro atoms. The van der Waals surface area contributed by atoms with Crippen molar-refractivity contribution in [1.29, 1.82) is 0 Å². The van der Waals surface area contributed by atoms with E-state index in [0.29, 0.717) is 42.3 Å². The van der Waals surface area contributed by atoms with Gasteiger partial charge in [-0.1, -0.05) is 37.3 Å². The molecule has 1 aliphatic carbocycles. The molecule has 0 saturated heterocycles. The summed E-state index contributed by atoms with van der Waals surface area (Å²) in [6.07, 6.45) is 2.29. The van der Waals surface area contributed by atoms with Gasteiger partial charge in [-0.2, -0.15) is 0 Å². The van der Waals surface area contributed by atoms with Crippen LogP contribution < -0.4 is 0 Å².